The molecule has 0 amide bonds. The van der Waals surface area contributed by atoms with Crippen molar-refractivity contribution in [1.29, 1.82) is 0 Å². The minimum absolute atomic E-state index is 0.169. The molecule has 0 bridgehead atoms. The molecule has 0 aromatic carbocycles. The van der Waals surface area contributed by atoms with Crippen molar-refractivity contribution in [1.82, 2.24) is 0 Å². The molecule has 0 aromatic heterocycles. The minimum atomic E-state index is -1.98. The fourth-order valence-corrected chi connectivity index (χ4v) is 1.11. The van der Waals surface area contributed by atoms with Gasteiger partial charge in [0, 0.05) is 0 Å². The summed E-state index contributed by atoms with van der Waals surface area (Å²) in [6, 6.07) is 0. The van der Waals surface area contributed by atoms with Gasteiger partial charge in [-0.3, -0.25) is 19.2 Å². The summed E-state index contributed by atoms with van der Waals surface area (Å²) in [7, 11) is 0. The van der Waals surface area contributed by atoms with E-state index in [-0.39, 0.29) is 12.6 Å². The molecule has 0 rings (SSSR count). The highest BCUT2D eigenvalue weighted by atomic mass is 16.4. The van der Waals surface area contributed by atoms with E-state index in [1.54, 1.807) is 0 Å². The van der Waals surface area contributed by atoms with Crippen molar-refractivity contribution in [3.05, 3.63) is 0 Å². The topological polar surface area (TPSA) is 230 Å². The first-order chi connectivity index (χ1) is 11.1. The molecule has 0 saturated heterocycles. The van der Waals surface area contributed by atoms with Crippen LogP contribution in [0, 0.1) is 0 Å². The average molecular weight is 356 g/mol. The molecule has 0 heterocycles. The van der Waals surface area contributed by atoms with Gasteiger partial charge < -0.3 is 40.9 Å². The van der Waals surface area contributed by atoms with Crippen LogP contribution in [-0.4, -0.2) is 115 Å². The lowest BCUT2D eigenvalue weighted by molar-refractivity contribution is -0.145. The number of rotatable bonds is 10. The molecule has 0 saturated carbocycles. The third kappa shape index (κ3) is 8.28. The zero-order valence-electron chi connectivity index (χ0n) is 12.2. The molecular weight excluding hydrogens is 336 g/mol. The van der Waals surface area contributed by atoms with Gasteiger partial charge in [-0.25, -0.2) is 0 Å². The van der Waals surface area contributed by atoms with Crippen LogP contribution in [0.25, 0.3) is 0 Å². The van der Waals surface area contributed by atoms with Crippen LogP contribution in [-0.2, 0) is 19.2 Å². The van der Waals surface area contributed by atoms with Crippen molar-refractivity contribution in [3.63, 3.8) is 0 Å². The van der Waals surface area contributed by atoms with Gasteiger partial charge in [0.05, 0.1) is 13.2 Å². The lowest BCUT2D eigenvalue weighted by atomic mass is 10.1. The number of hydrogen-bond acceptors (Lipinski definition) is 12. The third-order valence-electron chi connectivity index (χ3n) is 2.62. The van der Waals surface area contributed by atoms with Crippen molar-refractivity contribution in [2.45, 2.75) is 36.6 Å². The molecule has 0 radical (unpaired) electrons. The number of carbonyl (C=O) groups is 4. The fourth-order valence-electron chi connectivity index (χ4n) is 1.11. The molecule has 0 spiro atoms. The summed E-state index contributed by atoms with van der Waals surface area (Å²) in [5.74, 6) is -2.48. The summed E-state index contributed by atoms with van der Waals surface area (Å²) in [6.45, 7) is -1.60. The minimum Gasteiger partial charge on any atom is -0.394 e. The van der Waals surface area contributed by atoms with Crippen LogP contribution < -0.4 is 0 Å². The fraction of sp³-hybridized carbons (Fsp3) is 0.667. The van der Waals surface area contributed by atoms with E-state index in [1.165, 1.54) is 0 Å². The normalized spacial score (nSPS) is 18.0. The van der Waals surface area contributed by atoms with E-state index in [0.717, 1.165) is 0 Å². The molecule has 12 heteroatoms. The van der Waals surface area contributed by atoms with E-state index < -0.39 is 61.4 Å². The molecule has 0 unspecified atom stereocenters. The number of hydrogen-bond donors (Lipinski definition) is 8. The van der Waals surface area contributed by atoms with Gasteiger partial charge in [0.15, 0.2) is 12.6 Å². The lowest BCUT2D eigenvalue weighted by Gasteiger charge is -2.18. The Hall–Kier alpha value is -1.64. The molecule has 0 aliphatic heterocycles. The van der Waals surface area contributed by atoms with Gasteiger partial charge in [-0.1, -0.05) is 0 Å². The Kier molecular flexibility index (Phi) is 13.1. The quantitative estimate of drug-likeness (QED) is 0.135. The Morgan fingerprint density at radius 1 is 0.667 bits per heavy atom. The second-order valence-corrected chi connectivity index (χ2v) is 4.41. The van der Waals surface area contributed by atoms with E-state index in [1.807, 2.05) is 0 Å². The average Bonchev–Trinajstić information content (AvgIpc) is 2.62. The van der Waals surface area contributed by atoms with Crippen molar-refractivity contribution in [3.8, 4) is 0 Å². The van der Waals surface area contributed by atoms with E-state index >= 15 is 0 Å². The SMILES string of the molecule is O=CC(=O)[C@@H](O)[C@H](O)[C@H](O)CO.O=CC(=O)[C@@H](O)[C@H](O)[C@H](O)CO. The molecule has 0 fully saturated rings. The number of ketones is 2. The molecule has 12 nitrogen and oxygen atoms in total. The van der Waals surface area contributed by atoms with E-state index in [2.05, 4.69) is 0 Å². The van der Waals surface area contributed by atoms with E-state index in [4.69, 9.17) is 40.9 Å². The van der Waals surface area contributed by atoms with E-state index in [0.29, 0.717) is 0 Å². The Morgan fingerprint density at radius 2 is 0.917 bits per heavy atom. The number of carbonyl (C=O) groups excluding carboxylic acids is 4. The second kappa shape index (κ2) is 12.7. The first-order valence-electron chi connectivity index (χ1n) is 6.37. The molecule has 0 aliphatic carbocycles. The molecule has 140 valence electrons. The monoisotopic (exact) mass is 356 g/mol. The number of Topliss-reactive ketones (excluding diaryl/α,β-unsaturated/α-hetero) is 2. The smallest absolute Gasteiger partial charge is 0.226 e. The summed E-state index contributed by atoms with van der Waals surface area (Å²) in [4.78, 5) is 40.4. The van der Waals surface area contributed by atoms with Crippen LogP contribution in [0.4, 0.5) is 0 Å². The predicted octanol–water partition coefficient (Wildman–Crippen LogP) is -6.34. The molecule has 0 aromatic rings. The van der Waals surface area contributed by atoms with Crippen molar-refractivity contribution < 1.29 is 60.0 Å². The van der Waals surface area contributed by atoms with Gasteiger partial charge in [-0.2, -0.15) is 0 Å². The summed E-state index contributed by atoms with van der Waals surface area (Å²) < 4.78 is 0. The third-order valence-corrected chi connectivity index (χ3v) is 2.62. The number of aliphatic hydroxyl groups excluding tert-OH is 8. The zero-order chi connectivity index (χ0) is 19.4. The first-order valence-corrected chi connectivity index (χ1v) is 6.37. The molecule has 0 aliphatic rings. The van der Waals surface area contributed by atoms with Gasteiger partial charge >= 0.3 is 0 Å². The Bertz CT molecular complexity index is 373. The van der Waals surface area contributed by atoms with Crippen molar-refractivity contribution in [2.24, 2.45) is 0 Å². The lowest BCUT2D eigenvalue weighted by Crippen LogP contribution is -2.44. The highest BCUT2D eigenvalue weighted by Gasteiger charge is 2.29. The van der Waals surface area contributed by atoms with Gasteiger partial charge in [-0.15, -0.1) is 0 Å². The summed E-state index contributed by atoms with van der Waals surface area (Å²) in [6.07, 6.45) is -11.3. The standard InChI is InChI=1S/2C6H10O6/c2*7-1-3(9)5(11)6(12)4(10)2-8/h2*1,4-6,8,10-12H,2H2/t2*4-,5-,6-/m11/s1. The maximum Gasteiger partial charge on any atom is 0.226 e. The molecule has 6 atom stereocenters. The zero-order valence-corrected chi connectivity index (χ0v) is 12.2. The van der Waals surface area contributed by atoms with Crippen LogP contribution in [0.1, 0.15) is 0 Å². The number of aliphatic hydroxyl groups is 8. The Labute approximate surface area is 135 Å². The van der Waals surface area contributed by atoms with Crippen LogP contribution in [0.5, 0.6) is 0 Å². The van der Waals surface area contributed by atoms with Crippen LogP contribution >= 0.6 is 0 Å². The molecule has 8 N–H and O–H groups in total. The first kappa shape index (κ1) is 24.6. The van der Waals surface area contributed by atoms with Gasteiger partial charge in [0.1, 0.15) is 36.6 Å². The highest BCUT2D eigenvalue weighted by Crippen LogP contribution is 2.00. The largest absolute Gasteiger partial charge is 0.394 e. The van der Waals surface area contributed by atoms with Crippen LogP contribution in [0.3, 0.4) is 0 Å². The van der Waals surface area contributed by atoms with Crippen LogP contribution in [0.15, 0.2) is 0 Å². The Morgan fingerprint density at radius 3 is 1.08 bits per heavy atom. The molecular formula is C12H20O12. The number of aldehydes is 2. The van der Waals surface area contributed by atoms with Gasteiger partial charge in [0.25, 0.3) is 0 Å². The second-order valence-electron chi connectivity index (χ2n) is 4.41. The van der Waals surface area contributed by atoms with Gasteiger partial charge in [-0.05, 0) is 0 Å². The van der Waals surface area contributed by atoms with Crippen molar-refractivity contribution >= 4 is 24.1 Å². The Balaban J connectivity index is 0. The van der Waals surface area contributed by atoms with Crippen LogP contribution in [0.2, 0.25) is 0 Å². The van der Waals surface area contributed by atoms with E-state index in [9.17, 15) is 19.2 Å². The summed E-state index contributed by atoms with van der Waals surface area (Å²) in [5, 5.41) is 69.3. The van der Waals surface area contributed by atoms with Gasteiger partial charge in [0.2, 0.25) is 11.6 Å². The predicted molar refractivity (Wildman–Crippen MR) is 72.4 cm³/mol. The molecule has 24 heavy (non-hydrogen) atoms. The summed E-state index contributed by atoms with van der Waals surface area (Å²) in [5.41, 5.74) is 0. The highest BCUT2D eigenvalue weighted by molar-refractivity contribution is 6.27. The van der Waals surface area contributed by atoms with Crippen molar-refractivity contribution in [2.75, 3.05) is 13.2 Å². The maximum absolute atomic E-state index is 10.4. The summed E-state index contributed by atoms with van der Waals surface area (Å²) >= 11 is 0. The maximum atomic E-state index is 10.4.